The number of thiocarbonyl (C=S) groups is 1. The van der Waals surface area contributed by atoms with Crippen LogP contribution in [0.5, 0.6) is 0 Å². The highest BCUT2D eigenvalue weighted by Crippen LogP contribution is 2.18. The van der Waals surface area contributed by atoms with E-state index in [-0.39, 0.29) is 12.3 Å². The van der Waals surface area contributed by atoms with Gasteiger partial charge in [-0.25, -0.2) is 0 Å². The van der Waals surface area contributed by atoms with Gasteiger partial charge in [0, 0.05) is 5.37 Å². The summed E-state index contributed by atoms with van der Waals surface area (Å²) in [7, 11) is 0. The minimum atomic E-state index is -0.0693. The van der Waals surface area contributed by atoms with Gasteiger partial charge in [-0.15, -0.1) is 0 Å². The van der Waals surface area contributed by atoms with E-state index in [1.165, 1.54) is 5.56 Å². The summed E-state index contributed by atoms with van der Waals surface area (Å²) in [5.41, 5.74) is 1.25. The monoisotopic (exact) mass is 193 g/mol. The van der Waals surface area contributed by atoms with Crippen molar-refractivity contribution < 1.29 is 4.74 Å². The molecule has 2 nitrogen and oxygen atoms in total. The first-order valence-corrected chi connectivity index (χ1v) is 4.75. The lowest BCUT2D eigenvalue weighted by Crippen LogP contribution is -2.25. The number of nitrogens with one attached hydrogen (secondary N) is 1. The fraction of sp³-hybridized carbons (Fsp3) is 0.300. The number of benzene rings is 1. The van der Waals surface area contributed by atoms with Crippen molar-refractivity contribution >= 4 is 17.6 Å². The Labute approximate surface area is 82.9 Å². The molecule has 2 rings (SSSR count). The van der Waals surface area contributed by atoms with Gasteiger partial charge in [0.15, 0.2) is 0 Å². The Morgan fingerprint density at radius 3 is 2.77 bits per heavy atom. The zero-order valence-electron chi connectivity index (χ0n) is 7.14. The summed E-state index contributed by atoms with van der Waals surface area (Å²) < 4.78 is 5.40. The predicted molar refractivity (Wildman–Crippen MR) is 55.7 cm³/mol. The van der Waals surface area contributed by atoms with E-state index in [4.69, 9.17) is 17.0 Å². The summed E-state index contributed by atoms with van der Waals surface area (Å²) in [5, 5.41) is 4.89. The third-order valence-electron chi connectivity index (χ3n) is 2.13. The van der Waals surface area contributed by atoms with Crippen molar-refractivity contribution in [2.45, 2.75) is 12.3 Å². The van der Waals surface area contributed by atoms with Crippen LogP contribution in [0.1, 0.15) is 11.6 Å². The zero-order chi connectivity index (χ0) is 9.10. The van der Waals surface area contributed by atoms with Crippen LogP contribution in [-0.2, 0) is 4.74 Å². The van der Waals surface area contributed by atoms with Gasteiger partial charge in [0.2, 0.25) is 0 Å². The zero-order valence-corrected chi connectivity index (χ0v) is 7.96. The molecule has 0 spiro atoms. The van der Waals surface area contributed by atoms with Crippen molar-refractivity contribution in [3.05, 3.63) is 35.9 Å². The first kappa shape index (κ1) is 8.81. The molecule has 0 saturated carbocycles. The highest BCUT2D eigenvalue weighted by Gasteiger charge is 2.23. The maximum absolute atomic E-state index is 5.40. The van der Waals surface area contributed by atoms with E-state index in [0.29, 0.717) is 6.61 Å². The molecule has 1 unspecified atom stereocenters. The second-order valence-corrected chi connectivity index (χ2v) is 3.29. The molecule has 1 saturated heterocycles. The molecule has 1 heterocycles. The molecule has 13 heavy (non-hydrogen) atoms. The molecule has 3 heteroatoms. The molecule has 2 atom stereocenters. The fourth-order valence-electron chi connectivity index (χ4n) is 1.45. The van der Waals surface area contributed by atoms with E-state index >= 15 is 0 Å². The SMILES string of the molecule is S=CC1N[C@H](c2ccccc2)CO1. The maximum atomic E-state index is 5.40. The van der Waals surface area contributed by atoms with Crippen LogP contribution >= 0.6 is 12.2 Å². The van der Waals surface area contributed by atoms with Crippen LogP contribution in [0.2, 0.25) is 0 Å². The number of hydrogen-bond donors (Lipinski definition) is 1. The molecule has 1 aromatic rings. The summed E-state index contributed by atoms with van der Waals surface area (Å²) in [4.78, 5) is 0. The highest BCUT2D eigenvalue weighted by molar-refractivity contribution is 7.79. The van der Waals surface area contributed by atoms with Gasteiger partial charge in [0.25, 0.3) is 0 Å². The summed E-state index contributed by atoms with van der Waals surface area (Å²) in [5.74, 6) is 0. The van der Waals surface area contributed by atoms with Crippen molar-refractivity contribution in [3.63, 3.8) is 0 Å². The van der Waals surface area contributed by atoms with Crippen LogP contribution in [-0.4, -0.2) is 18.2 Å². The first-order chi connectivity index (χ1) is 6.40. The van der Waals surface area contributed by atoms with Gasteiger partial charge < -0.3 is 4.74 Å². The summed E-state index contributed by atoms with van der Waals surface area (Å²) >= 11 is 4.80. The van der Waals surface area contributed by atoms with E-state index in [0.717, 1.165) is 0 Å². The minimum Gasteiger partial charge on any atom is -0.357 e. The summed E-state index contributed by atoms with van der Waals surface area (Å²) in [6.07, 6.45) is -0.0693. The number of hydrogen-bond acceptors (Lipinski definition) is 3. The Morgan fingerprint density at radius 2 is 2.15 bits per heavy atom. The van der Waals surface area contributed by atoms with E-state index in [1.54, 1.807) is 5.37 Å². The third kappa shape index (κ3) is 1.94. The van der Waals surface area contributed by atoms with Gasteiger partial charge in [0.05, 0.1) is 12.6 Å². The van der Waals surface area contributed by atoms with Crippen molar-refractivity contribution in [2.24, 2.45) is 0 Å². The topological polar surface area (TPSA) is 21.3 Å². The van der Waals surface area contributed by atoms with Crippen molar-refractivity contribution in [2.75, 3.05) is 6.61 Å². The van der Waals surface area contributed by atoms with Gasteiger partial charge in [-0.2, -0.15) is 0 Å². The van der Waals surface area contributed by atoms with Crippen molar-refractivity contribution in [1.82, 2.24) is 5.32 Å². The van der Waals surface area contributed by atoms with E-state index in [1.807, 2.05) is 18.2 Å². The molecule has 0 amide bonds. The molecule has 1 aliphatic rings. The average molecular weight is 193 g/mol. The van der Waals surface area contributed by atoms with E-state index < -0.39 is 0 Å². The Balaban J connectivity index is 2.08. The molecular weight excluding hydrogens is 182 g/mol. The van der Waals surface area contributed by atoms with Crippen LogP contribution in [0, 0.1) is 0 Å². The number of rotatable bonds is 2. The Hall–Kier alpha value is -0.770. The largest absolute Gasteiger partial charge is 0.357 e. The smallest absolute Gasteiger partial charge is 0.138 e. The fourth-order valence-corrected chi connectivity index (χ4v) is 1.61. The van der Waals surface area contributed by atoms with Crippen LogP contribution in [0.15, 0.2) is 30.3 Å². The molecule has 1 aromatic carbocycles. The van der Waals surface area contributed by atoms with E-state index in [2.05, 4.69) is 17.4 Å². The third-order valence-corrected chi connectivity index (χ3v) is 2.38. The van der Waals surface area contributed by atoms with Gasteiger partial charge in [0.1, 0.15) is 6.23 Å². The van der Waals surface area contributed by atoms with Gasteiger partial charge >= 0.3 is 0 Å². The molecule has 0 aliphatic carbocycles. The molecule has 0 bridgehead atoms. The summed E-state index contributed by atoms with van der Waals surface area (Å²) in [6.45, 7) is 0.696. The van der Waals surface area contributed by atoms with Crippen LogP contribution in [0.25, 0.3) is 0 Å². The maximum Gasteiger partial charge on any atom is 0.138 e. The highest BCUT2D eigenvalue weighted by atomic mass is 32.1. The summed E-state index contributed by atoms with van der Waals surface area (Å²) in [6, 6.07) is 10.5. The van der Waals surface area contributed by atoms with Crippen molar-refractivity contribution in [3.8, 4) is 0 Å². The lowest BCUT2D eigenvalue weighted by atomic mass is 10.1. The van der Waals surface area contributed by atoms with Gasteiger partial charge in [-0.1, -0.05) is 42.5 Å². The molecule has 0 aromatic heterocycles. The second kappa shape index (κ2) is 3.96. The lowest BCUT2D eigenvalue weighted by molar-refractivity contribution is 0.154. The van der Waals surface area contributed by atoms with Crippen LogP contribution < -0.4 is 5.32 Å². The second-order valence-electron chi connectivity index (χ2n) is 3.02. The number of ether oxygens (including phenoxy) is 1. The molecule has 1 aliphatic heterocycles. The van der Waals surface area contributed by atoms with Crippen LogP contribution in [0.3, 0.4) is 0 Å². The minimum absolute atomic E-state index is 0.0693. The molecule has 1 fully saturated rings. The quantitative estimate of drug-likeness (QED) is 0.722. The lowest BCUT2D eigenvalue weighted by Gasteiger charge is -2.08. The van der Waals surface area contributed by atoms with Gasteiger partial charge in [-0.3, -0.25) is 5.32 Å². The standard InChI is InChI=1S/C10H11NOS/c13-7-10-11-9(6-12-10)8-4-2-1-3-5-8/h1-5,7,9-11H,6H2/t9-,10?/m0/s1. The van der Waals surface area contributed by atoms with E-state index in [9.17, 15) is 0 Å². The van der Waals surface area contributed by atoms with Crippen molar-refractivity contribution in [1.29, 1.82) is 0 Å². The Morgan fingerprint density at radius 1 is 1.38 bits per heavy atom. The molecule has 0 radical (unpaired) electrons. The van der Waals surface area contributed by atoms with Gasteiger partial charge in [-0.05, 0) is 5.56 Å². The normalized spacial score (nSPS) is 27.4. The Bertz CT molecular complexity index is 288. The molecule has 1 N–H and O–H groups in total. The molecule has 68 valence electrons. The first-order valence-electron chi connectivity index (χ1n) is 4.28. The van der Waals surface area contributed by atoms with Crippen LogP contribution in [0.4, 0.5) is 0 Å². The predicted octanol–water partition coefficient (Wildman–Crippen LogP) is 1.67. The molecular formula is C10H11NOS. The Kier molecular flexibility index (Phi) is 2.68. The average Bonchev–Trinajstić information content (AvgIpc) is 2.67.